The van der Waals surface area contributed by atoms with E-state index in [0.717, 1.165) is 6.07 Å². The number of nitro groups is 1. The fourth-order valence-corrected chi connectivity index (χ4v) is 1.15. The van der Waals surface area contributed by atoms with Crippen LogP contribution in [0.1, 0.15) is 6.92 Å². The maximum atomic E-state index is 10.8. The maximum Gasteiger partial charge on any atom is 0.312 e. The molecule has 2 N–H and O–H groups in total. The normalized spacial score (nSPS) is 11.9. The second kappa shape index (κ2) is 4.80. The first-order chi connectivity index (χ1) is 7.41. The zero-order valence-electron chi connectivity index (χ0n) is 8.34. The Morgan fingerprint density at radius 2 is 2.25 bits per heavy atom. The molecule has 0 bridgehead atoms. The zero-order valence-corrected chi connectivity index (χ0v) is 9.10. The Bertz CT molecular complexity index is 436. The van der Waals surface area contributed by atoms with Crippen molar-refractivity contribution in [3.8, 4) is 5.75 Å². The summed E-state index contributed by atoms with van der Waals surface area (Å²) in [6.07, 6.45) is -0.945. The van der Waals surface area contributed by atoms with Crippen LogP contribution in [-0.2, 0) is 4.79 Å². The minimum absolute atomic E-state index is 0.0410. The van der Waals surface area contributed by atoms with Gasteiger partial charge in [0.25, 0.3) is 5.91 Å². The van der Waals surface area contributed by atoms with Crippen LogP contribution in [0.25, 0.3) is 0 Å². The van der Waals surface area contributed by atoms with Crippen LogP contribution in [0.4, 0.5) is 5.69 Å². The third-order valence-corrected chi connectivity index (χ3v) is 2.06. The maximum absolute atomic E-state index is 10.8. The summed E-state index contributed by atoms with van der Waals surface area (Å²) < 4.78 is 5.05. The molecule has 6 nitrogen and oxygen atoms in total. The highest BCUT2D eigenvalue weighted by Gasteiger charge is 2.19. The van der Waals surface area contributed by atoms with E-state index in [2.05, 4.69) is 0 Å². The van der Waals surface area contributed by atoms with E-state index >= 15 is 0 Å². The lowest BCUT2D eigenvalue weighted by atomic mass is 10.3. The predicted molar refractivity (Wildman–Crippen MR) is 57.4 cm³/mol. The van der Waals surface area contributed by atoms with E-state index in [9.17, 15) is 14.9 Å². The Hall–Kier alpha value is -1.82. The van der Waals surface area contributed by atoms with Gasteiger partial charge in [-0.2, -0.15) is 0 Å². The van der Waals surface area contributed by atoms with E-state index in [1.807, 2.05) is 0 Å². The van der Waals surface area contributed by atoms with Gasteiger partial charge in [-0.25, -0.2) is 0 Å². The number of nitrogens with zero attached hydrogens (tertiary/aromatic N) is 1. The van der Waals surface area contributed by atoms with Gasteiger partial charge in [0.05, 0.1) is 4.92 Å². The van der Waals surface area contributed by atoms with Crippen LogP contribution in [-0.4, -0.2) is 16.9 Å². The molecule has 0 heterocycles. The smallest absolute Gasteiger partial charge is 0.312 e. The first-order valence-corrected chi connectivity index (χ1v) is 4.69. The van der Waals surface area contributed by atoms with Crippen molar-refractivity contribution in [2.24, 2.45) is 5.73 Å². The Labute approximate surface area is 96.1 Å². The van der Waals surface area contributed by atoms with E-state index < -0.39 is 16.9 Å². The Morgan fingerprint density at radius 1 is 1.62 bits per heavy atom. The van der Waals surface area contributed by atoms with Gasteiger partial charge < -0.3 is 10.5 Å². The standard InChI is InChI=1S/C9H9ClN2O4/c1-5(9(11)13)16-8-3-2-6(10)4-7(8)12(14)15/h2-5H,1H3,(H2,11,13)/t5-/m1/s1. The summed E-state index contributed by atoms with van der Waals surface area (Å²) in [7, 11) is 0. The first-order valence-electron chi connectivity index (χ1n) is 4.31. The van der Waals surface area contributed by atoms with E-state index in [-0.39, 0.29) is 16.5 Å². The third kappa shape index (κ3) is 2.83. The number of ether oxygens (including phenoxy) is 1. The summed E-state index contributed by atoms with van der Waals surface area (Å²) in [5, 5.41) is 10.9. The summed E-state index contributed by atoms with van der Waals surface area (Å²) in [6.45, 7) is 1.40. The van der Waals surface area contributed by atoms with Gasteiger partial charge in [0.2, 0.25) is 0 Å². The molecular formula is C9H9ClN2O4. The lowest BCUT2D eigenvalue weighted by Gasteiger charge is -2.11. The van der Waals surface area contributed by atoms with Crippen LogP contribution in [0.15, 0.2) is 18.2 Å². The number of amides is 1. The van der Waals surface area contributed by atoms with Gasteiger partial charge in [0.15, 0.2) is 11.9 Å². The van der Waals surface area contributed by atoms with Gasteiger partial charge in [0.1, 0.15) is 0 Å². The van der Waals surface area contributed by atoms with Crippen molar-refractivity contribution in [3.63, 3.8) is 0 Å². The average Bonchev–Trinajstić information content (AvgIpc) is 2.20. The SMILES string of the molecule is C[C@@H](Oc1ccc(Cl)cc1[N+](=O)[O-])C(N)=O. The lowest BCUT2D eigenvalue weighted by molar-refractivity contribution is -0.386. The molecule has 1 rings (SSSR count). The van der Waals surface area contributed by atoms with Gasteiger partial charge in [-0.3, -0.25) is 14.9 Å². The monoisotopic (exact) mass is 244 g/mol. The van der Waals surface area contributed by atoms with Crippen molar-refractivity contribution in [1.82, 2.24) is 0 Å². The molecule has 0 saturated heterocycles. The van der Waals surface area contributed by atoms with Gasteiger partial charge in [-0.15, -0.1) is 0 Å². The third-order valence-electron chi connectivity index (χ3n) is 1.82. The molecule has 0 aromatic heterocycles. The summed E-state index contributed by atoms with van der Waals surface area (Å²) in [4.78, 5) is 20.8. The fourth-order valence-electron chi connectivity index (χ4n) is 0.981. The number of primary amides is 1. The molecule has 0 saturated carbocycles. The number of hydrogen-bond donors (Lipinski definition) is 1. The molecule has 1 atom stereocenters. The molecule has 86 valence electrons. The van der Waals surface area contributed by atoms with Crippen molar-refractivity contribution in [1.29, 1.82) is 0 Å². The average molecular weight is 245 g/mol. The molecule has 0 unspecified atom stereocenters. The van der Waals surface area contributed by atoms with E-state index in [0.29, 0.717) is 0 Å². The second-order valence-corrected chi connectivity index (χ2v) is 3.47. The van der Waals surface area contributed by atoms with Crippen molar-refractivity contribution in [2.45, 2.75) is 13.0 Å². The van der Waals surface area contributed by atoms with Gasteiger partial charge in [-0.05, 0) is 19.1 Å². The number of carbonyl (C=O) groups excluding carboxylic acids is 1. The van der Waals surface area contributed by atoms with Gasteiger partial charge in [0, 0.05) is 11.1 Å². The van der Waals surface area contributed by atoms with Crippen LogP contribution < -0.4 is 10.5 Å². The molecule has 0 aliphatic heterocycles. The van der Waals surface area contributed by atoms with Crippen LogP contribution in [0, 0.1) is 10.1 Å². The topological polar surface area (TPSA) is 95.5 Å². The number of nitrogens with two attached hydrogens (primary N) is 1. The van der Waals surface area contributed by atoms with Crippen molar-refractivity contribution < 1.29 is 14.5 Å². The molecular weight excluding hydrogens is 236 g/mol. The predicted octanol–water partition coefficient (Wildman–Crippen LogP) is 1.50. The number of benzene rings is 1. The molecule has 1 amide bonds. The number of nitro benzene ring substituents is 1. The van der Waals surface area contributed by atoms with Crippen LogP contribution in [0.3, 0.4) is 0 Å². The molecule has 0 aliphatic carbocycles. The van der Waals surface area contributed by atoms with Crippen molar-refractivity contribution >= 4 is 23.2 Å². The van der Waals surface area contributed by atoms with Crippen molar-refractivity contribution in [2.75, 3.05) is 0 Å². The Balaban J connectivity index is 3.04. The fraction of sp³-hybridized carbons (Fsp3) is 0.222. The lowest BCUT2D eigenvalue weighted by Crippen LogP contribution is -2.30. The number of hydrogen-bond acceptors (Lipinski definition) is 4. The highest BCUT2D eigenvalue weighted by molar-refractivity contribution is 6.30. The second-order valence-electron chi connectivity index (χ2n) is 3.03. The molecule has 0 aliphatic rings. The molecule has 0 spiro atoms. The zero-order chi connectivity index (χ0) is 12.3. The molecule has 16 heavy (non-hydrogen) atoms. The highest BCUT2D eigenvalue weighted by Crippen LogP contribution is 2.30. The van der Waals surface area contributed by atoms with E-state index in [4.69, 9.17) is 22.1 Å². The Morgan fingerprint density at radius 3 is 2.75 bits per heavy atom. The summed E-state index contributed by atoms with van der Waals surface area (Å²) in [6, 6.07) is 3.89. The number of halogens is 1. The number of rotatable bonds is 4. The quantitative estimate of drug-likeness (QED) is 0.641. The first kappa shape index (κ1) is 12.3. The molecule has 1 aromatic carbocycles. The minimum atomic E-state index is -0.945. The molecule has 7 heteroatoms. The van der Waals surface area contributed by atoms with Crippen LogP contribution in [0.2, 0.25) is 5.02 Å². The van der Waals surface area contributed by atoms with Gasteiger partial charge >= 0.3 is 5.69 Å². The van der Waals surface area contributed by atoms with Crippen LogP contribution >= 0.6 is 11.6 Å². The summed E-state index contributed by atoms with van der Waals surface area (Å²) in [5.41, 5.74) is 4.68. The van der Waals surface area contributed by atoms with E-state index in [1.54, 1.807) is 0 Å². The summed E-state index contributed by atoms with van der Waals surface area (Å²) in [5.74, 6) is -0.745. The largest absolute Gasteiger partial charge is 0.474 e. The van der Waals surface area contributed by atoms with Crippen LogP contribution in [0.5, 0.6) is 5.75 Å². The summed E-state index contributed by atoms with van der Waals surface area (Å²) >= 11 is 5.61. The molecule has 0 fully saturated rings. The van der Waals surface area contributed by atoms with Gasteiger partial charge in [-0.1, -0.05) is 11.6 Å². The highest BCUT2D eigenvalue weighted by atomic mass is 35.5. The van der Waals surface area contributed by atoms with Crippen molar-refractivity contribution in [3.05, 3.63) is 33.3 Å². The molecule has 1 aromatic rings. The Kier molecular flexibility index (Phi) is 3.68. The number of carbonyl (C=O) groups is 1. The van der Waals surface area contributed by atoms with E-state index in [1.165, 1.54) is 19.1 Å². The minimum Gasteiger partial charge on any atom is -0.474 e. The molecule has 0 radical (unpaired) electrons.